The van der Waals surface area contributed by atoms with Crippen LogP contribution in [0, 0.1) is 6.92 Å². The first-order chi connectivity index (χ1) is 13.1. The molecule has 5 nitrogen and oxygen atoms in total. The number of hydrogen-bond donors (Lipinski definition) is 1. The molecular weight excluding hydrogens is 342 g/mol. The highest BCUT2D eigenvalue weighted by Crippen LogP contribution is 2.18. The quantitative estimate of drug-likeness (QED) is 0.648. The van der Waals surface area contributed by atoms with Crippen molar-refractivity contribution in [2.45, 2.75) is 19.4 Å². The summed E-state index contributed by atoms with van der Waals surface area (Å²) >= 11 is 0. The number of esters is 1. The van der Waals surface area contributed by atoms with E-state index in [9.17, 15) is 9.59 Å². The molecule has 0 aliphatic rings. The molecule has 0 fully saturated rings. The molecule has 0 saturated carbocycles. The van der Waals surface area contributed by atoms with Gasteiger partial charge in [-0.15, -0.1) is 0 Å². The van der Waals surface area contributed by atoms with Gasteiger partial charge in [-0.2, -0.15) is 0 Å². The summed E-state index contributed by atoms with van der Waals surface area (Å²) in [5.74, 6) is -0.461. The van der Waals surface area contributed by atoms with Crippen LogP contribution in [0.2, 0.25) is 0 Å². The zero-order chi connectivity index (χ0) is 19.1. The Bertz CT molecular complexity index is 887. The fraction of sp³-hybridized carbons (Fsp3) is 0.182. The van der Waals surface area contributed by atoms with Crippen molar-refractivity contribution in [2.24, 2.45) is 0 Å². The maximum absolute atomic E-state index is 12.4. The van der Waals surface area contributed by atoms with Crippen molar-refractivity contribution in [1.82, 2.24) is 5.32 Å². The van der Waals surface area contributed by atoms with Crippen LogP contribution in [0.3, 0.4) is 0 Å². The van der Waals surface area contributed by atoms with Crippen LogP contribution in [0.1, 0.15) is 33.3 Å². The maximum atomic E-state index is 12.4. The minimum Gasteiger partial charge on any atom is -0.469 e. The predicted molar refractivity (Wildman–Crippen MR) is 101 cm³/mol. The van der Waals surface area contributed by atoms with Gasteiger partial charge in [0.05, 0.1) is 12.3 Å². The van der Waals surface area contributed by atoms with Crippen LogP contribution in [0.25, 0.3) is 0 Å². The first-order valence-electron chi connectivity index (χ1n) is 8.73. The lowest BCUT2D eigenvalue weighted by Gasteiger charge is -2.19. The van der Waals surface area contributed by atoms with E-state index < -0.39 is 5.97 Å². The van der Waals surface area contributed by atoms with Gasteiger partial charge in [0, 0.05) is 0 Å². The topological polar surface area (TPSA) is 68.5 Å². The van der Waals surface area contributed by atoms with Crippen molar-refractivity contribution < 1.29 is 18.7 Å². The summed E-state index contributed by atoms with van der Waals surface area (Å²) in [5, 5.41) is 2.96. The minimum atomic E-state index is -0.573. The van der Waals surface area contributed by atoms with Crippen molar-refractivity contribution in [1.29, 1.82) is 0 Å². The first kappa shape index (κ1) is 18.5. The number of amides is 1. The second-order valence-corrected chi connectivity index (χ2v) is 6.19. The number of benzene rings is 2. The van der Waals surface area contributed by atoms with E-state index in [1.165, 1.54) is 12.3 Å². The highest BCUT2D eigenvalue weighted by atomic mass is 16.5. The fourth-order valence-electron chi connectivity index (χ4n) is 2.83. The molecule has 2 aromatic carbocycles. The van der Waals surface area contributed by atoms with E-state index in [0.29, 0.717) is 17.7 Å². The van der Waals surface area contributed by atoms with Crippen molar-refractivity contribution in [3.63, 3.8) is 0 Å². The Hall–Kier alpha value is -3.34. The summed E-state index contributed by atoms with van der Waals surface area (Å²) in [6, 6.07) is 21.0. The summed E-state index contributed by atoms with van der Waals surface area (Å²) in [6.07, 6.45) is 2.06. The van der Waals surface area contributed by atoms with Crippen LogP contribution in [-0.4, -0.2) is 18.5 Å². The molecule has 0 spiro atoms. The normalized spacial score (nSPS) is 11.6. The van der Waals surface area contributed by atoms with Crippen molar-refractivity contribution in [2.75, 3.05) is 6.61 Å². The Morgan fingerprint density at radius 1 is 1.00 bits per heavy atom. The first-order valence-corrected chi connectivity index (χ1v) is 8.73. The van der Waals surface area contributed by atoms with Gasteiger partial charge in [0.1, 0.15) is 11.3 Å². The average molecular weight is 363 g/mol. The molecule has 1 N–H and O–H groups in total. The van der Waals surface area contributed by atoms with E-state index in [2.05, 4.69) is 5.32 Å². The summed E-state index contributed by atoms with van der Waals surface area (Å²) in [6.45, 7) is 1.32. The zero-order valence-corrected chi connectivity index (χ0v) is 15.1. The number of furan rings is 1. The Balaban J connectivity index is 1.64. The number of carbonyl (C=O) groups excluding carboxylic acids is 2. The van der Waals surface area contributed by atoms with Crippen molar-refractivity contribution in [3.8, 4) is 0 Å². The van der Waals surface area contributed by atoms with Gasteiger partial charge < -0.3 is 14.5 Å². The molecule has 0 aliphatic heterocycles. The second-order valence-electron chi connectivity index (χ2n) is 6.19. The molecule has 0 unspecified atom stereocenters. The molecule has 3 rings (SSSR count). The van der Waals surface area contributed by atoms with Gasteiger partial charge in [-0.1, -0.05) is 60.7 Å². The van der Waals surface area contributed by atoms with E-state index in [-0.39, 0.29) is 18.6 Å². The summed E-state index contributed by atoms with van der Waals surface area (Å²) < 4.78 is 10.2. The van der Waals surface area contributed by atoms with Crippen LogP contribution in [0.5, 0.6) is 0 Å². The van der Waals surface area contributed by atoms with Crippen LogP contribution < -0.4 is 5.32 Å². The van der Waals surface area contributed by atoms with Crippen molar-refractivity contribution >= 4 is 11.9 Å². The number of nitrogens with one attached hydrogen (secondary N) is 1. The van der Waals surface area contributed by atoms with E-state index in [1.54, 1.807) is 6.92 Å². The molecule has 0 aliphatic carbocycles. The highest BCUT2D eigenvalue weighted by molar-refractivity contribution is 5.92. The monoisotopic (exact) mass is 363 g/mol. The largest absolute Gasteiger partial charge is 0.469 e. The summed E-state index contributed by atoms with van der Waals surface area (Å²) in [7, 11) is 0. The third-order valence-electron chi connectivity index (χ3n) is 4.23. The predicted octanol–water partition coefficient (Wildman–Crippen LogP) is 3.85. The smallest absolute Gasteiger partial charge is 0.342 e. The van der Waals surface area contributed by atoms with Crippen LogP contribution in [0.15, 0.2) is 77.4 Å². The van der Waals surface area contributed by atoms with Gasteiger partial charge in [-0.05, 0) is 30.5 Å². The highest BCUT2D eigenvalue weighted by Gasteiger charge is 2.18. The molecular formula is C22H21NO4. The molecule has 1 amide bonds. The molecule has 1 atom stereocenters. The molecule has 0 saturated heterocycles. The van der Waals surface area contributed by atoms with E-state index in [4.69, 9.17) is 9.15 Å². The van der Waals surface area contributed by atoms with E-state index in [1.807, 2.05) is 60.7 Å². The number of rotatable bonds is 7. The van der Waals surface area contributed by atoms with Gasteiger partial charge >= 0.3 is 5.97 Å². The Kier molecular flexibility index (Phi) is 6.05. The Labute approximate surface area is 158 Å². The average Bonchev–Trinajstić information content (AvgIpc) is 3.13. The molecule has 0 bridgehead atoms. The Morgan fingerprint density at radius 3 is 2.30 bits per heavy atom. The number of ether oxygens (including phenoxy) is 1. The number of carbonyl (C=O) groups is 2. The van der Waals surface area contributed by atoms with Gasteiger partial charge in [0.2, 0.25) is 0 Å². The van der Waals surface area contributed by atoms with E-state index >= 15 is 0 Å². The van der Waals surface area contributed by atoms with Crippen LogP contribution in [0.4, 0.5) is 0 Å². The lowest BCUT2D eigenvalue weighted by atomic mass is 9.99. The van der Waals surface area contributed by atoms with Gasteiger partial charge in [-0.3, -0.25) is 4.79 Å². The van der Waals surface area contributed by atoms with Crippen LogP contribution >= 0.6 is 0 Å². The lowest BCUT2D eigenvalue weighted by molar-refractivity contribution is -0.125. The molecule has 1 heterocycles. The third kappa shape index (κ3) is 5.07. The zero-order valence-electron chi connectivity index (χ0n) is 15.1. The minimum absolute atomic E-state index is 0.213. The van der Waals surface area contributed by atoms with Crippen LogP contribution in [-0.2, 0) is 16.0 Å². The van der Waals surface area contributed by atoms with Gasteiger partial charge in [0.25, 0.3) is 5.91 Å². The number of aryl methyl sites for hydroxylation is 1. The summed E-state index contributed by atoms with van der Waals surface area (Å²) in [5.41, 5.74) is 2.43. The molecule has 3 aromatic rings. The molecule has 27 heavy (non-hydrogen) atoms. The maximum Gasteiger partial charge on any atom is 0.342 e. The standard InChI is InChI=1S/C22H21NO4/c1-16-19(12-13-26-16)22(25)27-15-21(24)23-20(18-10-6-3-7-11-18)14-17-8-4-2-5-9-17/h2-13,20H,14-15H2,1H3,(H,23,24)/t20-/m0/s1. The molecule has 1 aromatic heterocycles. The van der Waals surface area contributed by atoms with Gasteiger partial charge in [-0.25, -0.2) is 4.79 Å². The SMILES string of the molecule is Cc1occc1C(=O)OCC(=O)N[C@@H](Cc1ccccc1)c1ccccc1. The van der Waals surface area contributed by atoms with Gasteiger partial charge in [0.15, 0.2) is 6.61 Å². The molecule has 138 valence electrons. The Morgan fingerprint density at radius 2 is 1.67 bits per heavy atom. The number of hydrogen-bond acceptors (Lipinski definition) is 4. The van der Waals surface area contributed by atoms with E-state index in [0.717, 1.165) is 11.1 Å². The third-order valence-corrected chi connectivity index (χ3v) is 4.23. The molecule has 5 heteroatoms. The second kappa shape index (κ2) is 8.85. The molecule has 0 radical (unpaired) electrons. The fourth-order valence-corrected chi connectivity index (χ4v) is 2.83. The van der Waals surface area contributed by atoms with Crippen molar-refractivity contribution in [3.05, 3.63) is 95.4 Å². The lowest BCUT2D eigenvalue weighted by Crippen LogP contribution is -2.33. The summed E-state index contributed by atoms with van der Waals surface area (Å²) in [4.78, 5) is 24.4.